The smallest absolute Gasteiger partial charge is 0.283 e. The molecule has 0 unspecified atom stereocenters. The highest BCUT2D eigenvalue weighted by molar-refractivity contribution is 8.00. The molecule has 0 bridgehead atoms. The molecule has 0 aliphatic carbocycles. The van der Waals surface area contributed by atoms with E-state index in [-0.39, 0.29) is 5.88 Å². The van der Waals surface area contributed by atoms with Crippen LogP contribution in [0.2, 0.25) is 0 Å². The van der Waals surface area contributed by atoms with E-state index in [4.69, 9.17) is 4.55 Å². The van der Waals surface area contributed by atoms with Gasteiger partial charge in [0.05, 0.1) is 11.6 Å². The first kappa shape index (κ1) is 11.8. The van der Waals surface area contributed by atoms with Crippen LogP contribution in [-0.2, 0) is 10.1 Å². The third-order valence-corrected chi connectivity index (χ3v) is 4.59. The Morgan fingerprint density at radius 2 is 2.00 bits per heavy atom. The summed E-state index contributed by atoms with van der Waals surface area (Å²) in [5, 5.41) is 2.09. The number of fused-ring (bicyclic) bond motifs is 3. The lowest BCUT2D eigenvalue weighted by Gasteiger charge is -2.18. The van der Waals surface area contributed by atoms with Crippen LogP contribution in [-0.4, -0.2) is 24.7 Å². The Balaban J connectivity index is 2.17. The number of thioether (sulfide) groups is 1. The molecular weight excluding hydrogens is 270 g/mol. The van der Waals surface area contributed by atoms with Gasteiger partial charge in [0.15, 0.2) is 0 Å². The van der Waals surface area contributed by atoms with E-state index in [0.717, 1.165) is 21.4 Å². The van der Waals surface area contributed by atoms with Crippen LogP contribution >= 0.6 is 11.8 Å². The summed E-state index contributed by atoms with van der Waals surface area (Å²) >= 11 is 1.58. The average Bonchev–Trinajstić information content (AvgIpc) is 2.70. The van der Waals surface area contributed by atoms with E-state index in [1.807, 2.05) is 36.4 Å². The summed E-state index contributed by atoms with van der Waals surface area (Å²) in [6.07, 6.45) is 0. The second kappa shape index (κ2) is 4.15. The number of nitrogens with zero attached hydrogens (tertiary/aromatic N) is 1. The molecule has 0 radical (unpaired) electrons. The van der Waals surface area contributed by atoms with E-state index in [0.29, 0.717) is 5.88 Å². The zero-order chi connectivity index (χ0) is 12.8. The fraction of sp³-hybridized carbons (Fsp3) is 0.167. The van der Waals surface area contributed by atoms with E-state index >= 15 is 0 Å². The summed E-state index contributed by atoms with van der Waals surface area (Å²) in [5.74, 6) is 0.185. The Labute approximate surface area is 109 Å². The molecule has 18 heavy (non-hydrogen) atoms. The van der Waals surface area contributed by atoms with Gasteiger partial charge in [0, 0.05) is 10.3 Å². The van der Waals surface area contributed by atoms with Crippen molar-refractivity contribution in [1.82, 2.24) is 0 Å². The predicted molar refractivity (Wildman–Crippen MR) is 73.6 cm³/mol. The first-order valence-electron chi connectivity index (χ1n) is 5.39. The Morgan fingerprint density at radius 1 is 1.22 bits per heavy atom. The number of hydrogen-bond donors (Lipinski definition) is 1. The molecule has 1 heterocycles. The third kappa shape index (κ3) is 2.07. The largest absolute Gasteiger partial charge is 0.344 e. The predicted octanol–water partition coefficient (Wildman–Crippen LogP) is 2.55. The lowest BCUT2D eigenvalue weighted by molar-refractivity contribution is 0.482. The minimum absolute atomic E-state index is 0.360. The van der Waals surface area contributed by atoms with Gasteiger partial charge in [-0.1, -0.05) is 30.3 Å². The topological polar surface area (TPSA) is 57.6 Å². The molecule has 0 fully saturated rings. The zero-order valence-electron chi connectivity index (χ0n) is 9.41. The van der Waals surface area contributed by atoms with E-state index in [2.05, 4.69) is 0 Å². The minimum Gasteiger partial charge on any atom is -0.344 e. The lowest BCUT2D eigenvalue weighted by Crippen LogP contribution is -2.26. The fourth-order valence-corrected chi connectivity index (χ4v) is 3.97. The molecule has 0 spiro atoms. The van der Waals surface area contributed by atoms with Gasteiger partial charge in [-0.25, -0.2) is 0 Å². The summed E-state index contributed by atoms with van der Waals surface area (Å²) in [5.41, 5.74) is 0.899. The molecule has 0 atom stereocenters. The Morgan fingerprint density at radius 3 is 2.78 bits per heavy atom. The number of anilines is 1. The molecule has 0 saturated carbocycles. The maximum atomic E-state index is 11.0. The van der Waals surface area contributed by atoms with Crippen molar-refractivity contribution in [3.05, 3.63) is 36.4 Å². The summed E-state index contributed by atoms with van der Waals surface area (Å²) in [7, 11) is -4.01. The highest BCUT2D eigenvalue weighted by Gasteiger charge is 2.25. The van der Waals surface area contributed by atoms with Crippen LogP contribution in [0, 0.1) is 0 Å². The number of rotatable bonds is 2. The van der Waals surface area contributed by atoms with Gasteiger partial charge in [0.1, 0.15) is 5.88 Å². The summed E-state index contributed by atoms with van der Waals surface area (Å²) in [6.45, 7) is 0. The SMILES string of the molecule is O=S(=O)(O)CN1CSc2ccc3ccccc3c21. The van der Waals surface area contributed by atoms with Gasteiger partial charge in [0.2, 0.25) is 0 Å². The molecule has 2 aromatic carbocycles. The number of hydrogen-bond acceptors (Lipinski definition) is 4. The van der Waals surface area contributed by atoms with E-state index < -0.39 is 10.1 Å². The van der Waals surface area contributed by atoms with Gasteiger partial charge in [-0.3, -0.25) is 4.55 Å². The lowest BCUT2D eigenvalue weighted by atomic mass is 10.1. The van der Waals surface area contributed by atoms with Gasteiger partial charge < -0.3 is 4.90 Å². The molecular formula is C12H11NO3S2. The van der Waals surface area contributed by atoms with E-state index in [1.54, 1.807) is 16.7 Å². The van der Waals surface area contributed by atoms with Crippen LogP contribution in [0.3, 0.4) is 0 Å². The van der Waals surface area contributed by atoms with Crippen molar-refractivity contribution in [2.45, 2.75) is 4.90 Å². The standard InChI is InChI=1S/C12H11NO3S2/c14-18(15,16)8-13-7-17-11-6-5-9-3-1-2-4-10(9)12(11)13/h1-6H,7-8H2,(H,14,15,16). The average molecular weight is 281 g/mol. The fourth-order valence-electron chi connectivity index (χ4n) is 2.19. The van der Waals surface area contributed by atoms with Gasteiger partial charge in [-0.15, -0.1) is 11.8 Å². The summed E-state index contributed by atoms with van der Waals surface area (Å²) in [6, 6.07) is 11.9. The molecule has 0 amide bonds. The Kier molecular flexibility index (Phi) is 2.73. The first-order chi connectivity index (χ1) is 8.54. The molecule has 1 aliphatic rings. The van der Waals surface area contributed by atoms with Crippen molar-refractivity contribution in [3.63, 3.8) is 0 Å². The van der Waals surface area contributed by atoms with Crippen molar-refractivity contribution in [1.29, 1.82) is 0 Å². The molecule has 94 valence electrons. The highest BCUT2D eigenvalue weighted by Crippen LogP contribution is 2.43. The Bertz CT molecular complexity index is 712. The van der Waals surface area contributed by atoms with Crippen molar-refractivity contribution in [2.24, 2.45) is 0 Å². The van der Waals surface area contributed by atoms with Crippen molar-refractivity contribution in [3.8, 4) is 0 Å². The van der Waals surface area contributed by atoms with Gasteiger partial charge in [-0.2, -0.15) is 8.42 Å². The molecule has 0 saturated heterocycles. The monoisotopic (exact) mass is 281 g/mol. The zero-order valence-corrected chi connectivity index (χ0v) is 11.0. The summed E-state index contributed by atoms with van der Waals surface area (Å²) in [4.78, 5) is 2.75. The molecule has 6 heteroatoms. The van der Waals surface area contributed by atoms with Crippen molar-refractivity contribution < 1.29 is 13.0 Å². The highest BCUT2D eigenvalue weighted by atomic mass is 32.2. The minimum atomic E-state index is -4.01. The van der Waals surface area contributed by atoms with E-state index in [9.17, 15) is 8.42 Å². The van der Waals surface area contributed by atoms with Crippen LogP contribution < -0.4 is 4.90 Å². The molecule has 2 aromatic rings. The molecule has 4 nitrogen and oxygen atoms in total. The quantitative estimate of drug-likeness (QED) is 0.857. The molecule has 1 N–H and O–H groups in total. The Hall–Kier alpha value is -1.24. The van der Waals surface area contributed by atoms with Crippen LogP contribution in [0.1, 0.15) is 0 Å². The van der Waals surface area contributed by atoms with Crippen molar-refractivity contribution in [2.75, 3.05) is 16.7 Å². The van der Waals surface area contributed by atoms with Gasteiger partial charge >= 0.3 is 0 Å². The van der Waals surface area contributed by atoms with Crippen LogP contribution in [0.25, 0.3) is 10.8 Å². The molecule has 3 rings (SSSR count). The second-order valence-electron chi connectivity index (χ2n) is 4.16. The van der Waals surface area contributed by atoms with Crippen LogP contribution in [0.15, 0.2) is 41.3 Å². The third-order valence-electron chi connectivity index (χ3n) is 2.87. The van der Waals surface area contributed by atoms with Gasteiger partial charge in [-0.05, 0) is 11.5 Å². The normalized spacial score (nSPS) is 15.1. The molecule has 1 aliphatic heterocycles. The number of benzene rings is 2. The first-order valence-corrected chi connectivity index (χ1v) is 7.99. The maximum absolute atomic E-state index is 11.0. The summed E-state index contributed by atoms with van der Waals surface area (Å²) < 4.78 is 31.1. The maximum Gasteiger partial charge on any atom is 0.283 e. The second-order valence-corrected chi connectivity index (χ2v) is 6.57. The van der Waals surface area contributed by atoms with Crippen LogP contribution in [0.5, 0.6) is 0 Å². The molecule has 0 aromatic heterocycles. The van der Waals surface area contributed by atoms with Crippen molar-refractivity contribution >= 4 is 38.3 Å². The van der Waals surface area contributed by atoms with Gasteiger partial charge in [0.25, 0.3) is 10.1 Å². The van der Waals surface area contributed by atoms with E-state index in [1.165, 1.54) is 0 Å². The van der Waals surface area contributed by atoms with Crippen LogP contribution in [0.4, 0.5) is 5.69 Å².